The number of thioether (sulfide) groups is 1. The monoisotopic (exact) mass is 264 g/mol. The molecule has 0 saturated carbocycles. The van der Waals surface area contributed by atoms with E-state index < -0.39 is 11.9 Å². The highest BCUT2D eigenvalue weighted by atomic mass is 32.2. The Bertz CT molecular complexity index is 311. The first-order chi connectivity index (χ1) is 7.54. The van der Waals surface area contributed by atoms with Gasteiger partial charge in [0.05, 0.1) is 20.8 Å². The van der Waals surface area contributed by atoms with E-state index in [0.717, 1.165) is 17.8 Å². The van der Waals surface area contributed by atoms with Crippen LogP contribution in [0.3, 0.4) is 0 Å². The van der Waals surface area contributed by atoms with E-state index in [2.05, 4.69) is 9.47 Å². The van der Waals surface area contributed by atoms with E-state index in [1.54, 1.807) is 6.92 Å². The van der Waals surface area contributed by atoms with Crippen LogP contribution in [-0.2, 0) is 23.8 Å². The average Bonchev–Trinajstić information content (AvgIpc) is 2.27. The molecule has 0 atom stereocenters. The lowest BCUT2D eigenvalue weighted by atomic mass is 10.5. The molecule has 0 radical (unpaired) electrons. The maximum Gasteiger partial charge on any atom is 0.345 e. The third-order valence-electron chi connectivity index (χ3n) is 1.29. The Morgan fingerprint density at radius 3 is 2.38 bits per heavy atom. The van der Waals surface area contributed by atoms with Crippen molar-refractivity contribution < 1.29 is 23.8 Å². The fraction of sp³-hybridized carbons (Fsp3) is 0.444. The Labute approximate surface area is 103 Å². The Kier molecular flexibility index (Phi) is 7.57. The lowest BCUT2D eigenvalue weighted by Gasteiger charge is -2.06. The molecule has 0 fully saturated rings. The summed E-state index contributed by atoms with van der Waals surface area (Å²) in [6, 6.07) is 0. The number of thiocarbonyl (C=S) groups is 1. The van der Waals surface area contributed by atoms with Crippen molar-refractivity contribution in [1.29, 1.82) is 0 Å². The lowest BCUT2D eigenvalue weighted by molar-refractivity contribution is -0.137. The summed E-state index contributed by atoms with van der Waals surface area (Å²) in [5.74, 6) is -1.33. The molecule has 0 saturated heterocycles. The molecule has 0 aromatic rings. The molecule has 90 valence electrons. The van der Waals surface area contributed by atoms with Crippen LogP contribution in [0.4, 0.5) is 0 Å². The average molecular weight is 264 g/mol. The highest BCUT2D eigenvalue weighted by Gasteiger charge is 2.16. The van der Waals surface area contributed by atoms with Crippen molar-refractivity contribution in [3.05, 3.63) is 11.0 Å². The van der Waals surface area contributed by atoms with Gasteiger partial charge in [0.25, 0.3) is 0 Å². The van der Waals surface area contributed by atoms with Gasteiger partial charge in [0.2, 0.25) is 4.38 Å². The van der Waals surface area contributed by atoms with Gasteiger partial charge in [-0.15, -0.1) is 0 Å². The third-order valence-corrected chi connectivity index (χ3v) is 2.45. The number of hydrogen-bond acceptors (Lipinski definition) is 7. The molecule has 0 N–H and O–H groups in total. The summed E-state index contributed by atoms with van der Waals surface area (Å²) in [5, 5.41) is 0. The predicted octanol–water partition coefficient (Wildman–Crippen LogP) is 1.27. The minimum absolute atomic E-state index is 0.0211. The maximum atomic E-state index is 11.3. The van der Waals surface area contributed by atoms with Gasteiger partial charge in [-0.3, -0.25) is 0 Å². The summed E-state index contributed by atoms with van der Waals surface area (Å²) in [4.78, 5) is 22.3. The third kappa shape index (κ3) is 5.72. The van der Waals surface area contributed by atoms with Crippen LogP contribution < -0.4 is 0 Å². The molecule has 5 nitrogen and oxygen atoms in total. The second kappa shape index (κ2) is 8.12. The van der Waals surface area contributed by atoms with Crippen molar-refractivity contribution >= 4 is 40.3 Å². The van der Waals surface area contributed by atoms with Crippen molar-refractivity contribution in [3.8, 4) is 0 Å². The minimum atomic E-state index is -0.669. The van der Waals surface area contributed by atoms with Gasteiger partial charge in [-0.2, -0.15) is 0 Å². The summed E-state index contributed by atoms with van der Waals surface area (Å²) in [7, 11) is 2.41. The lowest BCUT2D eigenvalue weighted by Crippen LogP contribution is -2.08. The number of ether oxygens (including phenoxy) is 3. The summed E-state index contributed by atoms with van der Waals surface area (Å²) in [6.45, 7) is 2.15. The molecule has 0 unspecified atom stereocenters. The maximum absolute atomic E-state index is 11.3. The van der Waals surface area contributed by atoms with E-state index in [0.29, 0.717) is 6.61 Å². The fourth-order valence-corrected chi connectivity index (χ4v) is 1.70. The van der Waals surface area contributed by atoms with E-state index in [-0.39, 0.29) is 9.29 Å². The molecule has 0 aliphatic rings. The van der Waals surface area contributed by atoms with E-state index in [1.165, 1.54) is 14.2 Å². The van der Waals surface area contributed by atoms with E-state index in [4.69, 9.17) is 17.0 Å². The topological polar surface area (TPSA) is 61.8 Å². The molecule has 16 heavy (non-hydrogen) atoms. The molecule has 0 aliphatic carbocycles. The van der Waals surface area contributed by atoms with Gasteiger partial charge in [0, 0.05) is 6.08 Å². The van der Waals surface area contributed by atoms with Crippen LogP contribution in [0.2, 0.25) is 0 Å². The molecule has 0 heterocycles. The van der Waals surface area contributed by atoms with Crippen molar-refractivity contribution in [1.82, 2.24) is 0 Å². The van der Waals surface area contributed by atoms with Gasteiger partial charge >= 0.3 is 11.9 Å². The smallest absolute Gasteiger partial charge is 0.345 e. The molecule has 0 aliphatic heterocycles. The van der Waals surface area contributed by atoms with Gasteiger partial charge in [0.15, 0.2) is 0 Å². The zero-order valence-corrected chi connectivity index (χ0v) is 10.8. The first kappa shape index (κ1) is 14.9. The molecule has 0 spiro atoms. The van der Waals surface area contributed by atoms with Gasteiger partial charge in [-0.05, 0) is 30.9 Å². The van der Waals surface area contributed by atoms with Gasteiger partial charge in [-0.1, -0.05) is 0 Å². The second-order valence-corrected chi connectivity index (χ2v) is 3.95. The van der Waals surface area contributed by atoms with E-state index in [1.807, 2.05) is 0 Å². The van der Waals surface area contributed by atoms with E-state index >= 15 is 0 Å². The first-order valence-corrected chi connectivity index (χ1v) is 5.50. The zero-order chi connectivity index (χ0) is 12.6. The molecular formula is C9H12O5S2. The van der Waals surface area contributed by atoms with Crippen molar-refractivity contribution in [2.24, 2.45) is 0 Å². The van der Waals surface area contributed by atoms with Crippen molar-refractivity contribution in [2.75, 3.05) is 20.8 Å². The summed E-state index contributed by atoms with van der Waals surface area (Å²) >= 11 is 5.67. The Balaban J connectivity index is 4.68. The highest BCUT2D eigenvalue weighted by Crippen LogP contribution is 2.20. The molecule has 0 aromatic carbocycles. The Morgan fingerprint density at radius 1 is 1.31 bits per heavy atom. The summed E-state index contributed by atoms with van der Waals surface area (Å²) in [6.07, 6.45) is 1.00. The largest absolute Gasteiger partial charge is 0.479 e. The van der Waals surface area contributed by atoms with Gasteiger partial charge in [-0.25, -0.2) is 9.59 Å². The Morgan fingerprint density at radius 2 is 1.94 bits per heavy atom. The molecule has 0 aromatic heterocycles. The van der Waals surface area contributed by atoms with Gasteiger partial charge < -0.3 is 14.2 Å². The van der Waals surface area contributed by atoms with Crippen molar-refractivity contribution in [2.45, 2.75) is 6.92 Å². The van der Waals surface area contributed by atoms with E-state index in [9.17, 15) is 9.59 Å². The van der Waals surface area contributed by atoms with Crippen LogP contribution in [0.5, 0.6) is 0 Å². The standard InChI is InChI=1S/C9H12O5S2/c1-4-14-9(15)16-6(8(11)13-3)5-7(10)12-2/h5H,4H2,1-3H3/b6-5-. The molecule has 0 bridgehead atoms. The quantitative estimate of drug-likeness (QED) is 0.430. The number of methoxy groups -OCH3 is 2. The Hall–Kier alpha value is -1.08. The second-order valence-electron chi connectivity index (χ2n) is 2.31. The summed E-state index contributed by atoms with van der Waals surface area (Å²) < 4.78 is 14.0. The number of carbonyl (C=O) groups excluding carboxylic acids is 2. The molecular weight excluding hydrogens is 252 g/mol. The zero-order valence-electron chi connectivity index (χ0n) is 9.14. The molecule has 7 heteroatoms. The number of rotatable bonds is 4. The van der Waals surface area contributed by atoms with Crippen molar-refractivity contribution in [3.63, 3.8) is 0 Å². The van der Waals surface area contributed by atoms with Crippen LogP contribution in [0, 0.1) is 0 Å². The minimum Gasteiger partial charge on any atom is -0.479 e. The number of hydrogen-bond donors (Lipinski definition) is 0. The normalized spacial score (nSPS) is 10.6. The van der Waals surface area contributed by atoms with Gasteiger partial charge in [0.1, 0.15) is 4.91 Å². The number of carbonyl (C=O) groups is 2. The summed E-state index contributed by atoms with van der Waals surface area (Å²) in [5.41, 5.74) is 0. The van der Waals surface area contributed by atoms with Crippen LogP contribution in [0.15, 0.2) is 11.0 Å². The molecule has 0 rings (SSSR count). The predicted molar refractivity (Wildman–Crippen MR) is 63.9 cm³/mol. The highest BCUT2D eigenvalue weighted by molar-refractivity contribution is 8.25. The van der Waals surface area contributed by atoms with Crippen LogP contribution in [0.1, 0.15) is 6.92 Å². The number of esters is 2. The molecule has 0 amide bonds. The SMILES string of the molecule is CCOC(=S)S/C(=C\C(=O)OC)C(=O)OC. The van der Waals surface area contributed by atoms with Crippen LogP contribution >= 0.6 is 24.0 Å². The fourth-order valence-electron chi connectivity index (χ4n) is 0.634. The first-order valence-electron chi connectivity index (χ1n) is 4.27. The van der Waals surface area contributed by atoms with Crippen LogP contribution in [0.25, 0.3) is 0 Å². The van der Waals surface area contributed by atoms with Crippen LogP contribution in [-0.4, -0.2) is 37.1 Å².